The highest BCUT2D eigenvalue weighted by Crippen LogP contribution is 2.32. The highest BCUT2D eigenvalue weighted by Gasteiger charge is 2.29. The molecule has 1 aromatic rings. The SMILES string of the molecule is CC1CCCC1C(=O)Nc1ccc(C#N)cc1N. The van der Waals surface area contributed by atoms with Crippen molar-refractivity contribution in [1.82, 2.24) is 0 Å². The van der Waals surface area contributed by atoms with Crippen LogP contribution in [0.25, 0.3) is 0 Å². The molecule has 0 saturated heterocycles. The van der Waals surface area contributed by atoms with Crippen LogP contribution >= 0.6 is 0 Å². The van der Waals surface area contributed by atoms with E-state index in [2.05, 4.69) is 12.2 Å². The van der Waals surface area contributed by atoms with Crippen LogP contribution in [-0.2, 0) is 4.79 Å². The number of rotatable bonds is 2. The molecule has 0 bridgehead atoms. The number of hydrogen-bond acceptors (Lipinski definition) is 3. The number of nitrogens with zero attached hydrogens (tertiary/aromatic N) is 1. The Hall–Kier alpha value is -2.02. The summed E-state index contributed by atoms with van der Waals surface area (Å²) in [6.45, 7) is 2.11. The number of nitrogens with two attached hydrogens (primary N) is 1. The zero-order valence-corrected chi connectivity index (χ0v) is 10.4. The Morgan fingerprint density at radius 3 is 2.83 bits per heavy atom. The molecular formula is C14H17N3O. The van der Waals surface area contributed by atoms with E-state index in [4.69, 9.17) is 11.0 Å². The summed E-state index contributed by atoms with van der Waals surface area (Å²) >= 11 is 0. The number of anilines is 2. The molecule has 94 valence electrons. The molecule has 0 radical (unpaired) electrons. The van der Waals surface area contributed by atoms with Crippen LogP contribution in [0.15, 0.2) is 18.2 Å². The summed E-state index contributed by atoms with van der Waals surface area (Å²) < 4.78 is 0. The third-order valence-corrected chi connectivity index (χ3v) is 3.64. The van der Waals surface area contributed by atoms with Crippen molar-refractivity contribution in [3.8, 4) is 6.07 Å². The van der Waals surface area contributed by atoms with E-state index in [-0.39, 0.29) is 11.8 Å². The summed E-state index contributed by atoms with van der Waals surface area (Å²) in [6, 6.07) is 6.94. The Balaban J connectivity index is 2.10. The van der Waals surface area contributed by atoms with Gasteiger partial charge in [0.25, 0.3) is 0 Å². The predicted molar refractivity (Wildman–Crippen MR) is 70.7 cm³/mol. The first-order valence-corrected chi connectivity index (χ1v) is 6.22. The average molecular weight is 243 g/mol. The normalized spacial score (nSPS) is 22.4. The molecule has 4 nitrogen and oxygen atoms in total. The maximum atomic E-state index is 12.1. The van der Waals surface area contributed by atoms with Crippen LogP contribution in [0.3, 0.4) is 0 Å². The second-order valence-electron chi connectivity index (χ2n) is 4.92. The van der Waals surface area contributed by atoms with Gasteiger partial charge >= 0.3 is 0 Å². The minimum atomic E-state index is 0.0383. The van der Waals surface area contributed by atoms with Gasteiger partial charge in [-0.05, 0) is 37.0 Å². The molecule has 4 heteroatoms. The van der Waals surface area contributed by atoms with Crippen molar-refractivity contribution in [3.63, 3.8) is 0 Å². The summed E-state index contributed by atoms with van der Waals surface area (Å²) in [6.07, 6.45) is 3.17. The van der Waals surface area contributed by atoms with Gasteiger partial charge in [-0.2, -0.15) is 5.26 Å². The highest BCUT2D eigenvalue weighted by atomic mass is 16.1. The second kappa shape index (κ2) is 5.09. The molecule has 0 spiro atoms. The fourth-order valence-corrected chi connectivity index (χ4v) is 2.51. The summed E-state index contributed by atoms with van der Waals surface area (Å²) in [5.74, 6) is 0.557. The molecule has 1 fully saturated rings. The van der Waals surface area contributed by atoms with Crippen LogP contribution in [0.2, 0.25) is 0 Å². The molecular weight excluding hydrogens is 226 g/mol. The lowest BCUT2D eigenvalue weighted by molar-refractivity contribution is -0.120. The van der Waals surface area contributed by atoms with Crippen molar-refractivity contribution < 1.29 is 4.79 Å². The molecule has 1 aliphatic carbocycles. The Bertz CT molecular complexity index is 504. The van der Waals surface area contributed by atoms with Gasteiger partial charge in [-0.1, -0.05) is 13.3 Å². The summed E-state index contributed by atoms with van der Waals surface area (Å²) in [5.41, 5.74) is 7.35. The van der Waals surface area contributed by atoms with Crippen molar-refractivity contribution >= 4 is 17.3 Å². The average Bonchev–Trinajstić information content (AvgIpc) is 2.78. The molecule has 2 rings (SSSR count). The van der Waals surface area contributed by atoms with E-state index in [1.807, 2.05) is 6.07 Å². The van der Waals surface area contributed by atoms with Crippen LogP contribution in [0.1, 0.15) is 31.7 Å². The number of nitrogen functional groups attached to an aromatic ring is 1. The molecule has 2 atom stereocenters. The third kappa shape index (κ3) is 2.45. The number of hydrogen-bond donors (Lipinski definition) is 2. The summed E-state index contributed by atoms with van der Waals surface area (Å²) in [7, 11) is 0. The van der Waals surface area contributed by atoms with Crippen molar-refractivity contribution in [2.24, 2.45) is 11.8 Å². The molecule has 0 heterocycles. The zero-order chi connectivity index (χ0) is 13.1. The maximum absolute atomic E-state index is 12.1. The minimum absolute atomic E-state index is 0.0383. The molecule has 1 saturated carbocycles. The lowest BCUT2D eigenvalue weighted by Crippen LogP contribution is -2.24. The van der Waals surface area contributed by atoms with E-state index in [0.717, 1.165) is 19.3 Å². The Morgan fingerprint density at radius 2 is 2.28 bits per heavy atom. The first-order chi connectivity index (χ1) is 8.61. The van der Waals surface area contributed by atoms with Gasteiger partial charge in [-0.15, -0.1) is 0 Å². The number of carbonyl (C=O) groups excluding carboxylic acids is 1. The van der Waals surface area contributed by atoms with Gasteiger partial charge in [0.1, 0.15) is 0 Å². The number of amides is 1. The predicted octanol–water partition coefficient (Wildman–Crippen LogP) is 2.52. The molecule has 3 N–H and O–H groups in total. The van der Waals surface area contributed by atoms with Crippen molar-refractivity contribution in [2.45, 2.75) is 26.2 Å². The van der Waals surface area contributed by atoms with E-state index in [9.17, 15) is 4.79 Å². The fraction of sp³-hybridized carbons (Fsp3) is 0.429. The van der Waals surface area contributed by atoms with E-state index >= 15 is 0 Å². The lowest BCUT2D eigenvalue weighted by Gasteiger charge is -2.16. The number of nitriles is 1. The fourth-order valence-electron chi connectivity index (χ4n) is 2.51. The van der Waals surface area contributed by atoms with E-state index < -0.39 is 0 Å². The molecule has 1 amide bonds. The van der Waals surface area contributed by atoms with Gasteiger partial charge in [-0.3, -0.25) is 4.79 Å². The number of nitrogens with one attached hydrogen (secondary N) is 1. The van der Waals surface area contributed by atoms with Crippen LogP contribution in [0.5, 0.6) is 0 Å². The van der Waals surface area contributed by atoms with E-state index in [1.54, 1.807) is 18.2 Å². The number of carbonyl (C=O) groups is 1. The van der Waals surface area contributed by atoms with Crippen molar-refractivity contribution in [3.05, 3.63) is 23.8 Å². The molecule has 1 aromatic carbocycles. The van der Waals surface area contributed by atoms with Crippen LogP contribution in [0.4, 0.5) is 11.4 Å². The van der Waals surface area contributed by atoms with Crippen molar-refractivity contribution in [2.75, 3.05) is 11.1 Å². The smallest absolute Gasteiger partial charge is 0.227 e. The standard InChI is InChI=1S/C14H17N3O/c1-9-3-2-4-11(9)14(18)17-13-6-5-10(8-15)7-12(13)16/h5-7,9,11H,2-4,16H2,1H3,(H,17,18). The molecule has 2 unspecified atom stereocenters. The number of benzene rings is 1. The van der Waals surface area contributed by atoms with Gasteiger partial charge < -0.3 is 11.1 Å². The Morgan fingerprint density at radius 1 is 1.50 bits per heavy atom. The monoisotopic (exact) mass is 243 g/mol. The van der Waals surface area contributed by atoms with Gasteiger partial charge in [-0.25, -0.2) is 0 Å². The first-order valence-electron chi connectivity index (χ1n) is 6.22. The van der Waals surface area contributed by atoms with Crippen LogP contribution < -0.4 is 11.1 Å². The van der Waals surface area contributed by atoms with Gasteiger partial charge in [0.2, 0.25) is 5.91 Å². The lowest BCUT2D eigenvalue weighted by atomic mass is 9.97. The van der Waals surface area contributed by atoms with Gasteiger partial charge in [0, 0.05) is 5.92 Å². The van der Waals surface area contributed by atoms with Gasteiger partial charge in [0.15, 0.2) is 0 Å². The molecule has 0 aliphatic heterocycles. The largest absolute Gasteiger partial charge is 0.397 e. The summed E-state index contributed by atoms with van der Waals surface area (Å²) in [4.78, 5) is 12.1. The molecule has 0 aromatic heterocycles. The topological polar surface area (TPSA) is 78.9 Å². The van der Waals surface area contributed by atoms with Gasteiger partial charge in [0.05, 0.1) is 23.0 Å². The molecule has 18 heavy (non-hydrogen) atoms. The van der Waals surface area contributed by atoms with Crippen molar-refractivity contribution in [1.29, 1.82) is 5.26 Å². The minimum Gasteiger partial charge on any atom is -0.397 e. The van der Waals surface area contributed by atoms with E-state index in [0.29, 0.717) is 22.9 Å². The maximum Gasteiger partial charge on any atom is 0.227 e. The van der Waals surface area contributed by atoms with E-state index in [1.165, 1.54) is 0 Å². The van der Waals surface area contributed by atoms with Crippen LogP contribution in [0, 0.1) is 23.2 Å². The van der Waals surface area contributed by atoms with Crippen LogP contribution in [-0.4, -0.2) is 5.91 Å². The third-order valence-electron chi connectivity index (χ3n) is 3.64. The second-order valence-corrected chi connectivity index (χ2v) is 4.92. The summed E-state index contributed by atoms with van der Waals surface area (Å²) in [5, 5.41) is 11.6. The Labute approximate surface area is 107 Å². The zero-order valence-electron chi connectivity index (χ0n) is 10.4. The molecule has 1 aliphatic rings. The first kappa shape index (κ1) is 12.4. The quantitative estimate of drug-likeness (QED) is 0.783. The Kier molecular flexibility index (Phi) is 3.52. The highest BCUT2D eigenvalue weighted by molar-refractivity contribution is 5.95.